The minimum absolute atomic E-state index is 0.125. The van der Waals surface area contributed by atoms with Crippen LogP contribution in [0.15, 0.2) is 30.3 Å². The third-order valence-corrected chi connectivity index (χ3v) is 4.16. The monoisotopic (exact) mass is 377 g/mol. The first-order chi connectivity index (χ1) is 13.0. The fourth-order valence-electron chi connectivity index (χ4n) is 2.66. The molecule has 0 radical (unpaired) electrons. The standard InChI is InChI=1S/C19H25F2N5O/c1-26(2)11-3-10-22-19-24-16(13-4-5-13)12-17(25-19)23-14-6-8-15(9-7-14)27-18(20)21/h6-9,12-13,18H,3-5,10-11H2,1-2H3,(H2,22,23,24,25). The summed E-state index contributed by atoms with van der Waals surface area (Å²) >= 11 is 0. The SMILES string of the molecule is CN(C)CCCNc1nc(Nc2ccc(OC(F)F)cc2)cc(C2CC2)n1. The average Bonchev–Trinajstić information content (AvgIpc) is 3.45. The van der Waals surface area contributed by atoms with Crippen molar-refractivity contribution in [3.8, 4) is 5.75 Å². The van der Waals surface area contributed by atoms with Crippen LogP contribution in [-0.4, -0.2) is 48.7 Å². The first-order valence-corrected chi connectivity index (χ1v) is 9.09. The van der Waals surface area contributed by atoms with Gasteiger partial charge in [0.15, 0.2) is 0 Å². The average molecular weight is 377 g/mol. The molecule has 0 amide bonds. The van der Waals surface area contributed by atoms with E-state index in [0.29, 0.717) is 17.7 Å². The van der Waals surface area contributed by atoms with Gasteiger partial charge in [-0.2, -0.15) is 13.8 Å². The number of benzene rings is 1. The Balaban J connectivity index is 1.66. The van der Waals surface area contributed by atoms with Crippen LogP contribution in [0.3, 0.4) is 0 Å². The van der Waals surface area contributed by atoms with E-state index < -0.39 is 6.61 Å². The molecule has 1 aliphatic carbocycles. The second kappa shape index (κ2) is 8.94. The lowest BCUT2D eigenvalue weighted by Crippen LogP contribution is -2.17. The molecule has 146 valence electrons. The molecule has 0 bridgehead atoms. The summed E-state index contributed by atoms with van der Waals surface area (Å²) in [4.78, 5) is 11.3. The van der Waals surface area contributed by atoms with Gasteiger partial charge in [-0.25, -0.2) is 4.98 Å². The molecule has 3 rings (SSSR count). The third kappa shape index (κ3) is 6.32. The van der Waals surface area contributed by atoms with Crippen molar-refractivity contribution < 1.29 is 13.5 Å². The first-order valence-electron chi connectivity index (χ1n) is 9.09. The summed E-state index contributed by atoms with van der Waals surface area (Å²) in [5.41, 5.74) is 1.77. The minimum Gasteiger partial charge on any atom is -0.435 e. The predicted octanol–water partition coefficient (Wildman–Crippen LogP) is 4.06. The van der Waals surface area contributed by atoms with E-state index in [2.05, 4.69) is 30.2 Å². The van der Waals surface area contributed by atoms with Gasteiger partial charge in [-0.05, 0) is 64.2 Å². The molecule has 0 atom stereocenters. The summed E-state index contributed by atoms with van der Waals surface area (Å²) in [6.45, 7) is -1.04. The van der Waals surface area contributed by atoms with Crippen molar-refractivity contribution in [2.45, 2.75) is 31.8 Å². The maximum absolute atomic E-state index is 12.2. The van der Waals surface area contributed by atoms with Crippen LogP contribution in [0.5, 0.6) is 5.75 Å². The van der Waals surface area contributed by atoms with Crippen LogP contribution in [0.1, 0.15) is 30.9 Å². The number of hydrogen-bond acceptors (Lipinski definition) is 6. The molecular formula is C19H25F2N5O. The number of anilines is 3. The fourth-order valence-corrected chi connectivity index (χ4v) is 2.66. The van der Waals surface area contributed by atoms with Crippen LogP contribution in [-0.2, 0) is 0 Å². The zero-order valence-corrected chi connectivity index (χ0v) is 15.6. The van der Waals surface area contributed by atoms with Gasteiger partial charge in [0.05, 0.1) is 5.69 Å². The van der Waals surface area contributed by atoms with Crippen molar-refractivity contribution in [2.24, 2.45) is 0 Å². The highest BCUT2D eigenvalue weighted by molar-refractivity contribution is 5.59. The van der Waals surface area contributed by atoms with E-state index in [9.17, 15) is 8.78 Å². The Morgan fingerprint density at radius 1 is 1.19 bits per heavy atom. The summed E-state index contributed by atoms with van der Waals surface area (Å²) in [5.74, 6) is 1.92. The molecule has 2 N–H and O–H groups in total. The highest BCUT2D eigenvalue weighted by Gasteiger charge is 2.26. The van der Waals surface area contributed by atoms with Gasteiger partial charge in [-0.3, -0.25) is 0 Å². The molecule has 0 unspecified atom stereocenters. The summed E-state index contributed by atoms with van der Waals surface area (Å²) in [7, 11) is 4.09. The van der Waals surface area contributed by atoms with Gasteiger partial charge in [-0.15, -0.1) is 0 Å². The van der Waals surface area contributed by atoms with E-state index in [1.807, 2.05) is 20.2 Å². The normalized spacial score (nSPS) is 13.9. The van der Waals surface area contributed by atoms with Crippen LogP contribution in [0, 0.1) is 0 Å². The maximum Gasteiger partial charge on any atom is 0.387 e. The molecular weight excluding hydrogens is 352 g/mol. The van der Waals surface area contributed by atoms with Crippen molar-refractivity contribution in [3.63, 3.8) is 0 Å². The topological polar surface area (TPSA) is 62.3 Å². The molecule has 1 saturated carbocycles. The number of alkyl halides is 2. The lowest BCUT2D eigenvalue weighted by atomic mass is 10.2. The number of rotatable bonds is 10. The lowest BCUT2D eigenvalue weighted by molar-refractivity contribution is -0.0498. The molecule has 6 nitrogen and oxygen atoms in total. The van der Waals surface area contributed by atoms with Crippen molar-refractivity contribution in [1.82, 2.24) is 14.9 Å². The molecule has 1 heterocycles. The zero-order chi connectivity index (χ0) is 19.2. The minimum atomic E-state index is -2.83. The van der Waals surface area contributed by atoms with Crippen LogP contribution in [0.2, 0.25) is 0 Å². The van der Waals surface area contributed by atoms with Crippen LogP contribution >= 0.6 is 0 Å². The quantitative estimate of drug-likeness (QED) is 0.609. The summed E-state index contributed by atoms with van der Waals surface area (Å²) in [5, 5.41) is 6.50. The Kier molecular flexibility index (Phi) is 6.39. The number of nitrogens with zero attached hydrogens (tertiary/aromatic N) is 3. The van der Waals surface area contributed by atoms with E-state index in [0.717, 1.165) is 43.7 Å². The highest BCUT2D eigenvalue weighted by atomic mass is 19.3. The largest absolute Gasteiger partial charge is 0.435 e. The molecule has 8 heteroatoms. The zero-order valence-electron chi connectivity index (χ0n) is 15.6. The van der Waals surface area contributed by atoms with Gasteiger partial charge in [0.2, 0.25) is 5.95 Å². The Morgan fingerprint density at radius 2 is 1.93 bits per heavy atom. The number of hydrogen-bond donors (Lipinski definition) is 2. The summed E-state index contributed by atoms with van der Waals surface area (Å²) < 4.78 is 28.9. The lowest BCUT2D eigenvalue weighted by Gasteiger charge is -2.13. The first kappa shape index (κ1) is 19.3. The Hall–Kier alpha value is -2.48. The molecule has 2 aromatic rings. The maximum atomic E-state index is 12.2. The smallest absolute Gasteiger partial charge is 0.387 e. The van der Waals surface area contributed by atoms with Crippen molar-refractivity contribution in [3.05, 3.63) is 36.0 Å². The third-order valence-electron chi connectivity index (χ3n) is 4.16. The second-order valence-corrected chi connectivity index (χ2v) is 6.89. The highest BCUT2D eigenvalue weighted by Crippen LogP contribution is 2.40. The molecule has 1 aromatic carbocycles. The number of ether oxygens (including phenoxy) is 1. The molecule has 0 saturated heterocycles. The van der Waals surface area contributed by atoms with Gasteiger partial charge in [-0.1, -0.05) is 0 Å². The number of halogens is 2. The van der Waals surface area contributed by atoms with Crippen LogP contribution < -0.4 is 15.4 Å². The van der Waals surface area contributed by atoms with Gasteiger partial charge in [0.25, 0.3) is 0 Å². The Labute approximate surface area is 158 Å². The van der Waals surface area contributed by atoms with E-state index in [1.54, 1.807) is 12.1 Å². The second-order valence-electron chi connectivity index (χ2n) is 6.89. The van der Waals surface area contributed by atoms with Crippen LogP contribution in [0.4, 0.5) is 26.2 Å². The van der Waals surface area contributed by atoms with Gasteiger partial charge < -0.3 is 20.3 Å². The van der Waals surface area contributed by atoms with Crippen molar-refractivity contribution in [1.29, 1.82) is 0 Å². The molecule has 1 aromatic heterocycles. The predicted molar refractivity (Wildman–Crippen MR) is 102 cm³/mol. The summed E-state index contributed by atoms with van der Waals surface area (Å²) in [6.07, 6.45) is 3.30. The molecule has 1 aliphatic rings. The Morgan fingerprint density at radius 3 is 2.56 bits per heavy atom. The van der Waals surface area contributed by atoms with E-state index in [-0.39, 0.29) is 5.75 Å². The summed E-state index contributed by atoms with van der Waals surface area (Å²) in [6, 6.07) is 8.31. The number of aromatic nitrogens is 2. The molecule has 1 fully saturated rings. The van der Waals surface area contributed by atoms with Gasteiger partial charge in [0, 0.05) is 24.2 Å². The van der Waals surface area contributed by atoms with Crippen molar-refractivity contribution in [2.75, 3.05) is 37.8 Å². The van der Waals surface area contributed by atoms with E-state index in [1.165, 1.54) is 12.1 Å². The molecule has 0 aliphatic heterocycles. The van der Waals surface area contributed by atoms with Crippen molar-refractivity contribution >= 4 is 17.5 Å². The number of nitrogens with one attached hydrogen (secondary N) is 2. The van der Waals surface area contributed by atoms with E-state index >= 15 is 0 Å². The van der Waals surface area contributed by atoms with E-state index in [4.69, 9.17) is 0 Å². The van der Waals surface area contributed by atoms with Gasteiger partial charge in [0.1, 0.15) is 11.6 Å². The Bertz CT molecular complexity index is 735. The van der Waals surface area contributed by atoms with Gasteiger partial charge >= 0.3 is 6.61 Å². The van der Waals surface area contributed by atoms with Crippen LogP contribution in [0.25, 0.3) is 0 Å². The molecule has 27 heavy (non-hydrogen) atoms. The fraction of sp³-hybridized carbons (Fsp3) is 0.474. The molecule has 0 spiro atoms.